The van der Waals surface area contributed by atoms with Crippen molar-refractivity contribution in [1.29, 1.82) is 0 Å². The first-order chi connectivity index (χ1) is 27.8. The molecule has 4 aromatic carbocycles. The van der Waals surface area contributed by atoms with Crippen molar-refractivity contribution >= 4 is 30.9 Å². The summed E-state index contributed by atoms with van der Waals surface area (Å²) >= 11 is -5.35. The molecule has 0 atom stereocenters. The second kappa shape index (κ2) is 17.0. The number of amides is 2. The van der Waals surface area contributed by atoms with Crippen molar-refractivity contribution in [3.8, 4) is 0 Å². The number of hydrogen-bond acceptors (Lipinski definition) is 2. The monoisotopic (exact) mass is 806 g/mol. The van der Waals surface area contributed by atoms with E-state index in [1.807, 2.05) is 12.2 Å². The van der Waals surface area contributed by atoms with Gasteiger partial charge in [-0.2, -0.15) is 0 Å². The molecule has 2 fully saturated rings. The van der Waals surface area contributed by atoms with E-state index in [9.17, 15) is 9.59 Å². The van der Waals surface area contributed by atoms with Gasteiger partial charge in [0.05, 0.1) is 0 Å². The second-order valence-electron chi connectivity index (χ2n) is 15.6. The van der Waals surface area contributed by atoms with Gasteiger partial charge < -0.3 is 0 Å². The number of carbonyl (C=O) groups is 2. The predicted molar refractivity (Wildman–Crippen MR) is 216 cm³/mol. The number of benzene rings is 4. The molecule has 0 spiro atoms. The molecule has 0 unspecified atom stereocenters. The van der Waals surface area contributed by atoms with Crippen LogP contribution in [-0.4, -0.2) is 23.9 Å². The normalized spacial score (nSPS) is 17.4. The van der Waals surface area contributed by atoms with E-state index in [0.717, 1.165) is 38.5 Å². The summed E-state index contributed by atoms with van der Waals surface area (Å²) in [5.74, 6) is -4.61. The summed E-state index contributed by atoms with van der Waals surface area (Å²) in [5, 5.41) is 0. The van der Waals surface area contributed by atoms with Crippen LogP contribution in [0, 0.1) is 23.3 Å². The summed E-state index contributed by atoms with van der Waals surface area (Å²) in [4.78, 5) is 31.9. The number of nitrogens with zero attached hydrogens (tertiary/aromatic N) is 2. The van der Waals surface area contributed by atoms with E-state index in [1.54, 1.807) is 85.0 Å². The Morgan fingerprint density at radius 1 is 0.509 bits per heavy atom. The maximum atomic E-state index is 18.3. The van der Waals surface area contributed by atoms with Crippen molar-refractivity contribution in [2.75, 3.05) is 9.80 Å². The fourth-order valence-electron chi connectivity index (χ4n) is 9.63. The Morgan fingerprint density at radius 2 is 0.895 bits per heavy atom. The molecule has 9 heteroatoms. The van der Waals surface area contributed by atoms with E-state index in [0.29, 0.717) is 44.6 Å². The van der Waals surface area contributed by atoms with Gasteiger partial charge in [-0.15, -0.1) is 0 Å². The van der Waals surface area contributed by atoms with E-state index in [2.05, 4.69) is 0 Å². The van der Waals surface area contributed by atoms with Crippen LogP contribution in [0.5, 0.6) is 0 Å². The Labute approximate surface area is 335 Å². The van der Waals surface area contributed by atoms with E-state index in [1.165, 1.54) is 34.1 Å². The van der Waals surface area contributed by atoms with Crippen molar-refractivity contribution in [1.82, 2.24) is 0 Å². The molecule has 4 nitrogen and oxygen atoms in total. The zero-order chi connectivity index (χ0) is 39.5. The quantitative estimate of drug-likeness (QED) is 0.118. The van der Waals surface area contributed by atoms with E-state index < -0.39 is 51.7 Å². The summed E-state index contributed by atoms with van der Waals surface area (Å²) in [6.07, 6.45) is 19.2. The van der Waals surface area contributed by atoms with Gasteiger partial charge in [0.25, 0.3) is 0 Å². The van der Waals surface area contributed by atoms with Crippen LogP contribution in [0.1, 0.15) is 97.8 Å². The topological polar surface area (TPSA) is 40.6 Å². The van der Waals surface area contributed by atoms with Crippen molar-refractivity contribution in [2.45, 2.75) is 89.1 Å². The third-order valence-corrected chi connectivity index (χ3v) is 20.2. The fraction of sp³-hybridized carbons (Fsp3) is 0.292. The van der Waals surface area contributed by atoms with Gasteiger partial charge in [0.1, 0.15) is 0 Å². The van der Waals surface area contributed by atoms with Gasteiger partial charge in [0.15, 0.2) is 0 Å². The van der Waals surface area contributed by atoms with Gasteiger partial charge in [-0.3, -0.25) is 0 Å². The third kappa shape index (κ3) is 7.20. The molecular formula is C48H46F4N2O2Ti. The first-order valence-corrected chi connectivity index (χ1v) is 23.4. The molecule has 0 heterocycles. The Morgan fingerprint density at radius 3 is 1.25 bits per heavy atom. The molecule has 0 saturated heterocycles. The molecule has 0 aromatic heterocycles. The summed E-state index contributed by atoms with van der Waals surface area (Å²) in [7, 11) is 0. The van der Waals surface area contributed by atoms with Crippen molar-refractivity contribution in [3.63, 3.8) is 0 Å². The minimum absolute atomic E-state index is 0.0969. The molecule has 4 aliphatic rings. The Hall–Kier alpha value is -4.79. The molecule has 0 bridgehead atoms. The number of hydrogen-bond donors (Lipinski definition) is 0. The molecule has 292 valence electrons. The first-order valence-electron chi connectivity index (χ1n) is 20.3. The molecular weight excluding hydrogens is 760 g/mol. The average Bonchev–Trinajstić information content (AvgIpc) is 4.00. The van der Waals surface area contributed by atoms with Crippen LogP contribution in [0.4, 0.5) is 28.9 Å². The summed E-state index contributed by atoms with van der Waals surface area (Å²) < 4.78 is 71.4. The van der Waals surface area contributed by atoms with E-state index >= 15 is 17.6 Å². The molecule has 57 heavy (non-hydrogen) atoms. The summed E-state index contributed by atoms with van der Waals surface area (Å²) in [6.45, 7) is 0. The Bertz CT molecular complexity index is 2110. The van der Waals surface area contributed by atoms with Gasteiger partial charge in [0.2, 0.25) is 0 Å². The van der Waals surface area contributed by atoms with Crippen molar-refractivity contribution in [3.05, 3.63) is 164 Å². The van der Waals surface area contributed by atoms with Gasteiger partial charge in [-0.05, 0) is 0 Å². The molecule has 2 amide bonds. The van der Waals surface area contributed by atoms with Gasteiger partial charge in [-0.1, -0.05) is 0 Å². The van der Waals surface area contributed by atoms with Crippen molar-refractivity contribution < 1.29 is 43.7 Å². The Kier molecular flexibility index (Phi) is 11.6. The second-order valence-corrected chi connectivity index (χ2v) is 21.5. The van der Waals surface area contributed by atoms with Gasteiger partial charge in [0, 0.05) is 0 Å². The molecule has 4 aliphatic carbocycles. The minimum atomic E-state index is -5.35. The number of carbonyl (C=O) groups excluding carboxylic acids is 2. The van der Waals surface area contributed by atoms with Crippen LogP contribution in [0.25, 0.3) is 0 Å². The molecule has 8 rings (SSSR count). The van der Waals surface area contributed by atoms with Crippen LogP contribution in [0.2, 0.25) is 0 Å². The summed E-state index contributed by atoms with van der Waals surface area (Å²) in [5.41, 5.74) is 0.532. The van der Waals surface area contributed by atoms with Crippen molar-refractivity contribution in [2.24, 2.45) is 0 Å². The fourth-order valence-corrected chi connectivity index (χ4v) is 17.9. The standard InChI is InChI=1S/2C19H18F2NO.2C5H5.Ti/c2*20-15-11-12-18(17(21)13-15)22(16-9-5-2-6-10-16)19(23)14-7-3-1-4-8-14;2*1-2-4-5-3-1;/h2*1,3-4,7-8,11-12,16H,2,5-6,9-10H2;2*1-3H,4H2;. The molecule has 2 saturated carbocycles. The molecule has 0 aliphatic heterocycles. The van der Waals surface area contributed by atoms with Gasteiger partial charge >= 0.3 is 337 Å². The van der Waals surface area contributed by atoms with Crippen LogP contribution < -0.4 is 17.5 Å². The SMILES string of the molecule is O=C(c1ccccc1)N(c1ccc(F)[c]([Ti]([C]2=CC=CC2)([C]2=CC=CC2)[c]2c(F)ccc(N(C(=O)c3ccccc3)C3CCCCC3)c2F)c1F)C1CCCCC1. The Balaban J connectivity index is 1.40. The predicted octanol–water partition coefficient (Wildman–Crippen LogP) is 11.0. The number of allylic oxidation sites excluding steroid dienone is 8. The number of anilines is 2. The van der Waals surface area contributed by atoms with E-state index in [-0.39, 0.29) is 44.0 Å². The maximum absolute atomic E-state index is 18.3. The van der Waals surface area contributed by atoms with Crippen LogP contribution in [0.3, 0.4) is 0 Å². The van der Waals surface area contributed by atoms with E-state index in [4.69, 9.17) is 0 Å². The molecule has 0 N–H and O–H groups in total. The molecule has 0 radical (unpaired) electrons. The number of rotatable bonds is 10. The number of halogens is 4. The van der Waals surface area contributed by atoms with Gasteiger partial charge in [-0.25, -0.2) is 0 Å². The zero-order valence-electron chi connectivity index (χ0n) is 31.9. The van der Waals surface area contributed by atoms with Crippen LogP contribution in [-0.2, 0) is 16.6 Å². The average molecular weight is 807 g/mol. The first kappa shape index (κ1) is 39.1. The molecule has 4 aromatic rings. The van der Waals surface area contributed by atoms with Crippen LogP contribution in [0.15, 0.2) is 129 Å². The third-order valence-electron chi connectivity index (χ3n) is 12.3. The van der Waals surface area contributed by atoms with Crippen LogP contribution >= 0.6 is 0 Å². The summed E-state index contributed by atoms with van der Waals surface area (Å²) in [6, 6.07) is 21.5. The zero-order valence-corrected chi connectivity index (χ0v) is 33.5.